The number of benzene rings is 1. The van der Waals surface area contributed by atoms with Gasteiger partial charge < -0.3 is 15.2 Å². The second kappa shape index (κ2) is 5.96. The smallest absolute Gasteiger partial charge is 0.326 e. The third-order valence-electron chi connectivity index (χ3n) is 3.11. The monoisotopic (exact) mass is 318 g/mol. The number of morpholine rings is 1. The topological polar surface area (TPSA) is 98.9 Å². The number of carbonyl (C=O) groups is 1. The molecule has 1 heterocycles. The van der Waals surface area contributed by atoms with E-state index in [2.05, 4.69) is 4.74 Å². The molecule has 0 spiro atoms. The van der Waals surface area contributed by atoms with Gasteiger partial charge in [-0.3, -0.25) is 4.79 Å². The molecule has 2 N–H and O–H groups in total. The number of esters is 1. The molecular formula is C12H15FN2O5S. The fourth-order valence-electron chi connectivity index (χ4n) is 2.08. The van der Waals surface area contributed by atoms with E-state index in [1.807, 2.05) is 0 Å². The third kappa shape index (κ3) is 2.99. The maximum Gasteiger partial charge on any atom is 0.326 e. The van der Waals surface area contributed by atoms with Crippen LogP contribution in [0.15, 0.2) is 23.1 Å². The number of halogens is 1. The van der Waals surface area contributed by atoms with E-state index in [0.29, 0.717) is 0 Å². The van der Waals surface area contributed by atoms with Crippen LogP contribution in [-0.4, -0.2) is 51.6 Å². The van der Waals surface area contributed by atoms with Gasteiger partial charge in [0.15, 0.2) is 0 Å². The first-order chi connectivity index (χ1) is 9.87. The van der Waals surface area contributed by atoms with Gasteiger partial charge in [-0.1, -0.05) is 0 Å². The predicted molar refractivity (Wildman–Crippen MR) is 71.3 cm³/mol. The third-order valence-corrected chi connectivity index (χ3v) is 5.09. The van der Waals surface area contributed by atoms with Crippen LogP contribution < -0.4 is 5.73 Å². The summed E-state index contributed by atoms with van der Waals surface area (Å²) in [5.74, 6) is -1.36. The summed E-state index contributed by atoms with van der Waals surface area (Å²) in [6, 6.07) is 1.90. The van der Waals surface area contributed by atoms with E-state index < -0.39 is 27.9 Å². The minimum atomic E-state index is -4.05. The molecule has 0 aliphatic carbocycles. The van der Waals surface area contributed by atoms with Crippen LogP contribution in [0.4, 0.5) is 10.1 Å². The number of nitrogen functional groups attached to an aromatic ring is 1. The van der Waals surface area contributed by atoms with Gasteiger partial charge >= 0.3 is 5.97 Å². The zero-order chi connectivity index (χ0) is 15.6. The zero-order valence-electron chi connectivity index (χ0n) is 11.3. The number of nitrogens with zero attached hydrogens (tertiary/aromatic N) is 1. The molecule has 1 atom stereocenters. The van der Waals surface area contributed by atoms with Crippen molar-refractivity contribution in [2.24, 2.45) is 0 Å². The van der Waals surface area contributed by atoms with E-state index in [0.717, 1.165) is 29.6 Å². The zero-order valence-corrected chi connectivity index (χ0v) is 12.1. The van der Waals surface area contributed by atoms with Crippen LogP contribution >= 0.6 is 0 Å². The number of sulfonamides is 1. The van der Waals surface area contributed by atoms with Gasteiger partial charge in [0.1, 0.15) is 16.8 Å². The molecule has 21 heavy (non-hydrogen) atoms. The molecule has 1 aromatic rings. The summed E-state index contributed by atoms with van der Waals surface area (Å²) in [6.07, 6.45) is 0. The van der Waals surface area contributed by atoms with Crippen LogP contribution in [0.25, 0.3) is 0 Å². The normalized spacial score (nSPS) is 20.2. The van der Waals surface area contributed by atoms with Crippen molar-refractivity contribution in [1.82, 2.24) is 4.31 Å². The highest BCUT2D eigenvalue weighted by molar-refractivity contribution is 7.89. The Labute approximate surface area is 121 Å². The molecule has 0 radical (unpaired) electrons. The minimum absolute atomic E-state index is 0.0150. The van der Waals surface area contributed by atoms with Crippen molar-refractivity contribution in [3.8, 4) is 0 Å². The molecular weight excluding hydrogens is 303 g/mol. The fourth-order valence-corrected chi connectivity index (χ4v) is 3.72. The van der Waals surface area contributed by atoms with E-state index in [4.69, 9.17) is 10.5 Å². The number of methoxy groups -OCH3 is 1. The van der Waals surface area contributed by atoms with Gasteiger partial charge in [-0.15, -0.1) is 0 Å². The molecule has 7 nitrogen and oxygen atoms in total. The molecule has 9 heteroatoms. The molecule has 0 saturated carbocycles. The molecule has 0 aromatic heterocycles. The lowest BCUT2D eigenvalue weighted by Gasteiger charge is -2.32. The lowest BCUT2D eigenvalue weighted by atomic mass is 10.3. The maximum absolute atomic E-state index is 13.1. The Hall–Kier alpha value is -1.71. The molecule has 116 valence electrons. The summed E-state index contributed by atoms with van der Waals surface area (Å²) in [5, 5.41) is 0. The number of nitrogens with two attached hydrogens (primary N) is 1. The largest absolute Gasteiger partial charge is 0.468 e. The number of rotatable bonds is 3. The first-order valence-electron chi connectivity index (χ1n) is 6.10. The first-order valence-corrected chi connectivity index (χ1v) is 7.54. The summed E-state index contributed by atoms with van der Waals surface area (Å²) in [7, 11) is -2.89. The molecule has 1 aromatic carbocycles. The Morgan fingerprint density at radius 3 is 2.86 bits per heavy atom. The van der Waals surface area contributed by atoms with Crippen molar-refractivity contribution in [3.05, 3.63) is 24.0 Å². The highest BCUT2D eigenvalue weighted by Crippen LogP contribution is 2.26. The van der Waals surface area contributed by atoms with Gasteiger partial charge in [-0.05, 0) is 18.2 Å². The lowest BCUT2D eigenvalue weighted by Crippen LogP contribution is -2.52. The van der Waals surface area contributed by atoms with Crippen LogP contribution in [0, 0.1) is 5.82 Å². The number of hydrogen-bond acceptors (Lipinski definition) is 6. The van der Waals surface area contributed by atoms with Crippen molar-refractivity contribution in [2.75, 3.05) is 32.6 Å². The SMILES string of the molecule is COC(=O)C1COCCN1S(=O)(=O)c1ccc(F)cc1N. The molecule has 0 amide bonds. The fraction of sp³-hybridized carbons (Fsp3) is 0.417. The summed E-state index contributed by atoms with van der Waals surface area (Å²) in [6.45, 7) is 0.0275. The van der Waals surface area contributed by atoms with Crippen molar-refractivity contribution in [1.29, 1.82) is 0 Å². The van der Waals surface area contributed by atoms with Gasteiger partial charge in [0.25, 0.3) is 0 Å². The minimum Gasteiger partial charge on any atom is -0.468 e. The summed E-state index contributed by atoms with van der Waals surface area (Å²) in [5.41, 5.74) is 5.36. The van der Waals surface area contributed by atoms with E-state index in [-0.39, 0.29) is 30.3 Å². The predicted octanol–water partition coefficient (Wildman–Crippen LogP) is -0.0296. The number of ether oxygens (including phenoxy) is 2. The number of carbonyl (C=O) groups excluding carboxylic acids is 1. The lowest BCUT2D eigenvalue weighted by molar-refractivity contribution is -0.149. The molecule has 0 bridgehead atoms. The molecule has 2 rings (SSSR count). The van der Waals surface area contributed by atoms with Crippen molar-refractivity contribution in [2.45, 2.75) is 10.9 Å². The van der Waals surface area contributed by atoms with E-state index in [9.17, 15) is 17.6 Å². The van der Waals surface area contributed by atoms with E-state index in [1.165, 1.54) is 0 Å². The van der Waals surface area contributed by atoms with Gasteiger partial charge in [-0.2, -0.15) is 4.31 Å². The van der Waals surface area contributed by atoms with Crippen LogP contribution in [0.3, 0.4) is 0 Å². The Morgan fingerprint density at radius 2 is 2.24 bits per heavy atom. The Morgan fingerprint density at radius 1 is 1.52 bits per heavy atom. The number of anilines is 1. The molecule has 1 saturated heterocycles. The van der Waals surface area contributed by atoms with Crippen LogP contribution in [0.2, 0.25) is 0 Å². The van der Waals surface area contributed by atoms with Gasteiger partial charge in [-0.25, -0.2) is 12.8 Å². The molecule has 1 aliphatic rings. The highest BCUT2D eigenvalue weighted by atomic mass is 32.2. The van der Waals surface area contributed by atoms with E-state index in [1.54, 1.807) is 0 Å². The summed E-state index contributed by atoms with van der Waals surface area (Å²) in [4.78, 5) is 11.4. The Bertz CT molecular complexity index is 649. The number of hydrogen-bond donors (Lipinski definition) is 1. The van der Waals surface area contributed by atoms with E-state index >= 15 is 0 Å². The van der Waals surface area contributed by atoms with Crippen molar-refractivity contribution in [3.63, 3.8) is 0 Å². The standard InChI is InChI=1S/C12H15FN2O5S/c1-19-12(16)10-7-20-5-4-15(10)21(17,18)11-3-2-8(13)6-9(11)14/h2-3,6,10H,4-5,7,14H2,1H3. The van der Waals surface area contributed by atoms with Gasteiger partial charge in [0.05, 0.1) is 26.0 Å². The summed E-state index contributed by atoms with van der Waals surface area (Å²) >= 11 is 0. The van der Waals surface area contributed by atoms with Crippen LogP contribution in [0.1, 0.15) is 0 Å². The average molecular weight is 318 g/mol. The molecule has 1 unspecified atom stereocenters. The van der Waals surface area contributed by atoms with Gasteiger partial charge in [0.2, 0.25) is 10.0 Å². The van der Waals surface area contributed by atoms with Crippen LogP contribution in [-0.2, 0) is 24.3 Å². The Balaban J connectivity index is 2.43. The Kier molecular flexibility index (Phi) is 4.45. The average Bonchev–Trinajstić information content (AvgIpc) is 2.46. The van der Waals surface area contributed by atoms with Crippen molar-refractivity contribution >= 4 is 21.7 Å². The quantitative estimate of drug-likeness (QED) is 0.621. The highest BCUT2D eigenvalue weighted by Gasteiger charge is 2.39. The molecule has 1 fully saturated rings. The second-order valence-electron chi connectivity index (χ2n) is 4.41. The van der Waals surface area contributed by atoms with Crippen molar-refractivity contribution < 1.29 is 27.1 Å². The maximum atomic E-state index is 13.1. The van der Waals surface area contributed by atoms with Gasteiger partial charge in [0, 0.05) is 6.54 Å². The van der Waals surface area contributed by atoms with Crippen LogP contribution in [0.5, 0.6) is 0 Å². The summed E-state index contributed by atoms with van der Waals surface area (Å²) < 4.78 is 48.9. The first kappa shape index (κ1) is 15.7. The second-order valence-corrected chi connectivity index (χ2v) is 6.27. The molecule has 1 aliphatic heterocycles.